The summed E-state index contributed by atoms with van der Waals surface area (Å²) in [4.78, 5) is 12.8. The van der Waals surface area contributed by atoms with Crippen LogP contribution in [0.5, 0.6) is 0 Å². The normalized spacial score (nSPS) is 10.7. The number of anilines is 1. The first-order valence-corrected chi connectivity index (χ1v) is 7.81. The molecule has 1 aromatic carbocycles. The second kappa shape index (κ2) is 6.18. The molecule has 3 aromatic rings. The highest BCUT2D eigenvalue weighted by molar-refractivity contribution is 7.20. The number of amides is 1. The van der Waals surface area contributed by atoms with Crippen molar-refractivity contribution in [3.63, 3.8) is 0 Å². The smallest absolute Gasteiger partial charge is 0.266 e. The zero-order valence-corrected chi connectivity index (χ0v) is 13.2. The van der Waals surface area contributed by atoms with Crippen LogP contribution in [0.15, 0.2) is 30.3 Å². The number of aryl methyl sites for hydroxylation is 2. The van der Waals surface area contributed by atoms with Gasteiger partial charge in [0, 0.05) is 16.2 Å². The van der Waals surface area contributed by atoms with Crippen molar-refractivity contribution < 1.29 is 9.18 Å². The largest absolute Gasteiger partial charge is 0.306 e. The van der Waals surface area contributed by atoms with Gasteiger partial charge in [0.1, 0.15) is 11.6 Å². The van der Waals surface area contributed by atoms with Crippen LogP contribution in [0.3, 0.4) is 0 Å². The summed E-state index contributed by atoms with van der Waals surface area (Å²) >= 11 is 1.24. The molecule has 0 aliphatic rings. The molecule has 0 saturated heterocycles. The summed E-state index contributed by atoms with van der Waals surface area (Å²) in [5.41, 5.74) is 0.751. The minimum absolute atomic E-state index is 0.304. The van der Waals surface area contributed by atoms with Gasteiger partial charge in [0.25, 0.3) is 5.91 Å². The summed E-state index contributed by atoms with van der Waals surface area (Å²) in [5, 5.41) is 16.1. The molecule has 23 heavy (non-hydrogen) atoms. The van der Waals surface area contributed by atoms with Gasteiger partial charge < -0.3 is 5.32 Å². The number of benzene rings is 1. The van der Waals surface area contributed by atoms with Crippen molar-refractivity contribution in [2.75, 3.05) is 5.32 Å². The number of rotatable bonds is 4. The van der Waals surface area contributed by atoms with Gasteiger partial charge in [0.2, 0.25) is 0 Å². The third-order valence-corrected chi connectivity index (χ3v) is 4.41. The van der Waals surface area contributed by atoms with E-state index in [0.29, 0.717) is 29.0 Å². The predicted molar refractivity (Wildman–Crippen MR) is 86.9 cm³/mol. The van der Waals surface area contributed by atoms with Crippen molar-refractivity contribution in [1.29, 1.82) is 5.26 Å². The highest BCUT2D eigenvalue weighted by Gasteiger charge is 2.15. The standard InChI is InChI=1S/C16H13FN4OS/c1-10-8-15(21(20-10)7-3-6-18)19-16(22)14-9-11-12(17)4-2-5-13(11)23-14/h2,4-5,8-9H,3,7H2,1H3,(H,19,22). The minimum Gasteiger partial charge on any atom is -0.306 e. The first-order chi connectivity index (χ1) is 11.1. The maximum atomic E-state index is 13.7. The van der Waals surface area contributed by atoms with Crippen molar-refractivity contribution in [3.8, 4) is 6.07 Å². The van der Waals surface area contributed by atoms with Crippen molar-refractivity contribution in [1.82, 2.24) is 9.78 Å². The van der Waals surface area contributed by atoms with Gasteiger partial charge >= 0.3 is 0 Å². The Hall–Kier alpha value is -2.72. The predicted octanol–water partition coefficient (Wildman–Crippen LogP) is 3.71. The number of nitrogens with one attached hydrogen (secondary N) is 1. The molecule has 0 fully saturated rings. The van der Waals surface area contributed by atoms with Crippen molar-refractivity contribution in [3.05, 3.63) is 46.7 Å². The van der Waals surface area contributed by atoms with Crippen molar-refractivity contribution >= 4 is 33.1 Å². The van der Waals surface area contributed by atoms with E-state index in [0.717, 1.165) is 10.4 Å². The molecule has 3 rings (SSSR count). The van der Waals surface area contributed by atoms with Gasteiger partial charge in [0.15, 0.2) is 0 Å². The van der Waals surface area contributed by atoms with Gasteiger partial charge in [-0.15, -0.1) is 11.3 Å². The van der Waals surface area contributed by atoms with Crippen molar-refractivity contribution in [2.45, 2.75) is 19.9 Å². The summed E-state index contributed by atoms with van der Waals surface area (Å²) in [6, 6.07) is 10.1. The van der Waals surface area contributed by atoms with E-state index in [2.05, 4.69) is 10.4 Å². The number of aromatic nitrogens is 2. The molecule has 0 bridgehead atoms. The molecule has 0 radical (unpaired) electrons. The van der Waals surface area contributed by atoms with Gasteiger partial charge in [-0.1, -0.05) is 6.07 Å². The maximum Gasteiger partial charge on any atom is 0.266 e. The Balaban J connectivity index is 1.86. The fourth-order valence-corrected chi connectivity index (χ4v) is 3.26. The molecule has 5 nitrogen and oxygen atoms in total. The average molecular weight is 328 g/mol. The topological polar surface area (TPSA) is 70.7 Å². The molecular formula is C16H13FN4OS. The Bertz CT molecular complexity index is 922. The lowest BCUT2D eigenvalue weighted by atomic mass is 10.2. The summed E-state index contributed by atoms with van der Waals surface area (Å²) in [7, 11) is 0. The van der Waals surface area contributed by atoms with E-state index in [4.69, 9.17) is 5.26 Å². The molecule has 0 atom stereocenters. The molecule has 0 spiro atoms. The van der Waals surface area contributed by atoms with Gasteiger partial charge in [-0.2, -0.15) is 10.4 Å². The SMILES string of the molecule is Cc1cc(NC(=O)c2cc3c(F)cccc3s2)n(CCC#N)n1. The first kappa shape index (κ1) is 15.2. The van der Waals surface area contributed by atoms with Crippen molar-refractivity contribution in [2.24, 2.45) is 0 Å². The van der Waals surface area contributed by atoms with Crippen LogP contribution in [-0.4, -0.2) is 15.7 Å². The van der Waals surface area contributed by atoms with Gasteiger partial charge in [0.05, 0.1) is 29.6 Å². The molecule has 0 aliphatic heterocycles. The number of nitriles is 1. The summed E-state index contributed by atoms with van der Waals surface area (Å²) in [6.45, 7) is 2.22. The van der Waals surface area contributed by atoms with Gasteiger partial charge in [-0.25, -0.2) is 9.07 Å². The van der Waals surface area contributed by atoms with E-state index < -0.39 is 0 Å². The van der Waals surface area contributed by atoms with Gasteiger partial charge in [-0.05, 0) is 25.1 Å². The van der Waals surface area contributed by atoms with Crippen LogP contribution < -0.4 is 5.32 Å². The van der Waals surface area contributed by atoms with Crippen LogP contribution in [-0.2, 0) is 6.54 Å². The Labute approximate surface area is 136 Å². The lowest BCUT2D eigenvalue weighted by Gasteiger charge is -2.06. The first-order valence-electron chi connectivity index (χ1n) is 6.99. The van der Waals surface area contributed by atoms with Crippen LogP contribution in [0, 0.1) is 24.1 Å². The fraction of sp³-hybridized carbons (Fsp3) is 0.188. The highest BCUT2D eigenvalue weighted by atomic mass is 32.1. The van der Waals surface area contributed by atoms with Crippen LogP contribution in [0.1, 0.15) is 21.8 Å². The average Bonchev–Trinajstić information content (AvgIpc) is 3.10. The van der Waals surface area contributed by atoms with E-state index in [9.17, 15) is 9.18 Å². The van der Waals surface area contributed by atoms with E-state index in [1.807, 2.05) is 13.0 Å². The fourth-order valence-electron chi connectivity index (χ4n) is 2.29. The molecule has 1 amide bonds. The number of carbonyl (C=O) groups is 1. The molecule has 2 aromatic heterocycles. The summed E-state index contributed by atoms with van der Waals surface area (Å²) in [5.74, 6) is -0.128. The number of nitrogens with zero attached hydrogens (tertiary/aromatic N) is 3. The third kappa shape index (κ3) is 3.07. The Morgan fingerprint density at radius 3 is 3.04 bits per heavy atom. The zero-order valence-electron chi connectivity index (χ0n) is 12.3. The molecule has 0 saturated carbocycles. The van der Waals surface area contributed by atoms with Gasteiger partial charge in [-0.3, -0.25) is 4.79 Å². The maximum absolute atomic E-state index is 13.7. The van der Waals surface area contributed by atoms with Crippen LogP contribution >= 0.6 is 11.3 Å². The lowest BCUT2D eigenvalue weighted by molar-refractivity contribution is 0.102. The summed E-state index contributed by atoms with van der Waals surface area (Å²) in [6.07, 6.45) is 0.304. The van der Waals surface area contributed by atoms with E-state index in [1.165, 1.54) is 17.4 Å². The zero-order chi connectivity index (χ0) is 16.4. The quantitative estimate of drug-likeness (QED) is 0.793. The van der Waals surface area contributed by atoms with E-state index in [-0.39, 0.29) is 11.7 Å². The molecule has 116 valence electrons. The number of hydrogen-bond donors (Lipinski definition) is 1. The second-order valence-electron chi connectivity index (χ2n) is 5.02. The van der Waals surface area contributed by atoms with E-state index in [1.54, 1.807) is 28.9 Å². The Morgan fingerprint density at radius 1 is 1.48 bits per heavy atom. The minimum atomic E-state index is -0.340. The van der Waals surface area contributed by atoms with E-state index >= 15 is 0 Å². The number of fused-ring (bicyclic) bond motifs is 1. The third-order valence-electron chi connectivity index (χ3n) is 3.31. The number of thiophene rings is 1. The number of halogens is 1. The van der Waals surface area contributed by atoms with Crippen LogP contribution in [0.25, 0.3) is 10.1 Å². The monoisotopic (exact) mass is 328 g/mol. The molecule has 2 heterocycles. The second-order valence-corrected chi connectivity index (χ2v) is 6.10. The molecule has 0 unspecified atom stereocenters. The molecule has 7 heteroatoms. The van der Waals surface area contributed by atoms with Crippen LogP contribution in [0.4, 0.5) is 10.2 Å². The molecular weight excluding hydrogens is 315 g/mol. The Kier molecular flexibility index (Phi) is 4.08. The highest BCUT2D eigenvalue weighted by Crippen LogP contribution is 2.28. The Morgan fingerprint density at radius 2 is 2.30 bits per heavy atom. The molecule has 0 aliphatic carbocycles. The summed E-state index contributed by atoms with van der Waals surface area (Å²) < 4.78 is 16.0. The number of carbonyl (C=O) groups excluding carboxylic acids is 1. The van der Waals surface area contributed by atoms with Crippen LogP contribution in [0.2, 0.25) is 0 Å². The number of hydrogen-bond acceptors (Lipinski definition) is 4. The lowest BCUT2D eigenvalue weighted by Crippen LogP contribution is -2.14. The molecule has 1 N–H and O–H groups in total.